The summed E-state index contributed by atoms with van der Waals surface area (Å²) in [5.74, 6) is 0.845. The van der Waals surface area contributed by atoms with E-state index in [0.29, 0.717) is 12.2 Å². The highest BCUT2D eigenvalue weighted by atomic mass is 16.5. The van der Waals surface area contributed by atoms with E-state index in [1.807, 2.05) is 44.2 Å². The Labute approximate surface area is 136 Å². The van der Waals surface area contributed by atoms with Crippen molar-refractivity contribution in [3.05, 3.63) is 64.7 Å². The minimum absolute atomic E-state index is 0.0460. The summed E-state index contributed by atoms with van der Waals surface area (Å²) in [5, 5.41) is 20.4. The second kappa shape index (κ2) is 6.37. The van der Waals surface area contributed by atoms with Gasteiger partial charge in [-0.3, -0.25) is 0 Å². The number of rotatable bonds is 3. The molecule has 0 spiro atoms. The standard InChI is InChI=1S/C20H22O3/c1-13(2)8-9-15-17(21)12-18(22)16-10-11-19(23-20(15)16)14-6-4-3-5-7-14/h3-8,12,19,21-22H,9-11H2,1-2H3. The van der Waals surface area contributed by atoms with Gasteiger partial charge in [0.15, 0.2) is 0 Å². The van der Waals surface area contributed by atoms with Gasteiger partial charge in [0.25, 0.3) is 0 Å². The van der Waals surface area contributed by atoms with Crippen molar-refractivity contribution in [1.82, 2.24) is 0 Å². The number of hydrogen-bond acceptors (Lipinski definition) is 3. The Balaban J connectivity index is 2.00. The molecular weight excluding hydrogens is 288 g/mol. The molecule has 0 amide bonds. The minimum Gasteiger partial charge on any atom is -0.507 e. The summed E-state index contributed by atoms with van der Waals surface area (Å²) in [6.07, 6.45) is 4.16. The second-order valence-corrected chi connectivity index (χ2v) is 6.24. The number of aromatic hydroxyl groups is 2. The highest BCUT2D eigenvalue weighted by molar-refractivity contribution is 5.58. The lowest BCUT2D eigenvalue weighted by atomic mass is 9.93. The quantitative estimate of drug-likeness (QED) is 0.810. The molecule has 1 heterocycles. The van der Waals surface area contributed by atoms with E-state index in [1.54, 1.807) is 0 Å². The molecule has 3 heteroatoms. The van der Waals surface area contributed by atoms with Crippen LogP contribution < -0.4 is 4.74 Å². The monoisotopic (exact) mass is 310 g/mol. The number of benzene rings is 2. The molecule has 3 rings (SSSR count). The van der Waals surface area contributed by atoms with Crippen molar-refractivity contribution in [2.75, 3.05) is 0 Å². The Morgan fingerprint density at radius 1 is 1.17 bits per heavy atom. The van der Waals surface area contributed by atoms with Gasteiger partial charge in [0, 0.05) is 17.2 Å². The summed E-state index contributed by atoms with van der Waals surface area (Å²) in [6.45, 7) is 4.05. The molecule has 0 aliphatic carbocycles. The molecule has 1 aliphatic heterocycles. The van der Waals surface area contributed by atoms with Crippen LogP contribution in [0.2, 0.25) is 0 Å². The SMILES string of the molecule is CC(C)=CCc1c(O)cc(O)c2c1OC(c1ccccc1)CC2. The zero-order chi connectivity index (χ0) is 16.4. The van der Waals surface area contributed by atoms with E-state index in [2.05, 4.69) is 6.08 Å². The van der Waals surface area contributed by atoms with Gasteiger partial charge < -0.3 is 14.9 Å². The molecule has 0 fully saturated rings. The van der Waals surface area contributed by atoms with Crippen LogP contribution in [0.1, 0.15) is 43.1 Å². The molecule has 120 valence electrons. The molecule has 1 atom stereocenters. The van der Waals surface area contributed by atoms with Crippen LogP contribution in [0.25, 0.3) is 0 Å². The molecule has 0 radical (unpaired) electrons. The predicted molar refractivity (Wildman–Crippen MR) is 91.0 cm³/mol. The molecule has 3 nitrogen and oxygen atoms in total. The lowest BCUT2D eigenvalue weighted by molar-refractivity contribution is 0.172. The molecule has 23 heavy (non-hydrogen) atoms. The van der Waals surface area contributed by atoms with E-state index in [4.69, 9.17) is 4.74 Å². The first-order chi connectivity index (χ1) is 11.1. The lowest BCUT2D eigenvalue weighted by Gasteiger charge is -2.29. The van der Waals surface area contributed by atoms with Gasteiger partial charge in [-0.15, -0.1) is 0 Å². The number of allylic oxidation sites excluding steroid dienone is 2. The molecule has 1 unspecified atom stereocenters. The van der Waals surface area contributed by atoms with Gasteiger partial charge in [-0.2, -0.15) is 0 Å². The fourth-order valence-corrected chi connectivity index (χ4v) is 2.98. The fourth-order valence-electron chi connectivity index (χ4n) is 2.98. The number of phenols is 2. The smallest absolute Gasteiger partial charge is 0.134 e. The van der Waals surface area contributed by atoms with Gasteiger partial charge in [-0.05, 0) is 38.7 Å². The Hall–Kier alpha value is -2.42. The summed E-state index contributed by atoms with van der Waals surface area (Å²) >= 11 is 0. The van der Waals surface area contributed by atoms with Crippen LogP contribution in [-0.2, 0) is 12.8 Å². The lowest BCUT2D eigenvalue weighted by Crippen LogP contribution is -2.16. The van der Waals surface area contributed by atoms with Crippen molar-refractivity contribution in [3.63, 3.8) is 0 Å². The van der Waals surface area contributed by atoms with E-state index in [1.165, 1.54) is 11.6 Å². The highest BCUT2D eigenvalue weighted by Crippen LogP contribution is 2.45. The number of ether oxygens (including phenoxy) is 1. The predicted octanol–water partition coefficient (Wildman–Crippen LogP) is 4.67. The van der Waals surface area contributed by atoms with Crippen molar-refractivity contribution in [2.45, 2.75) is 39.2 Å². The van der Waals surface area contributed by atoms with E-state index in [9.17, 15) is 10.2 Å². The molecular formula is C20H22O3. The van der Waals surface area contributed by atoms with Crippen LogP contribution in [0, 0.1) is 0 Å². The molecule has 2 aromatic rings. The zero-order valence-electron chi connectivity index (χ0n) is 13.5. The van der Waals surface area contributed by atoms with Crippen molar-refractivity contribution in [3.8, 4) is 17.2 Å². The van der Waals surface area contributed by atoms with Gasteiger partial charge in [-0.25, -0.2) is 0 Å². The van der Waals surface area contributed by atoms with E-state index in [-0.39, 0.29) is 17.6 Å². The highest BCUT2D eigenvalue weighted by Gasteiger charge is 2.27. The summed E-state index contributed by atoms with van der Waals surface area (Å²) in [7, 11) is 0. The Morgan fingerprint density at radius 2 is 1.91 bits per heavy atom. The summed E-state index contributed by atoms with van der Waals surface area (Å²) in [4.78, 5) is 0. The van der Waals surface area contributed by atoms with Gasteiger partial charge in [-0.1, -0.05) is 42.0 Å². The Bertz CT molecular complexity index is 728. The van der Waals surface area contributed by atoms with Gasteiger partial charge in [0.2, 0.25) is 0 Å². The molecule has 0 saturated heterocycles. The normalized spacial score (nSPS) is 16.3. The van der Waals surface area contributed by atoms with E-state index in [0.717, 1.165) is 29.5 Å². The topological polar surface area (TPSA) is 49.7 Å². The van der Waals surface area contributed by atoms with Gasteiger partial charge in [0.1, 0.15) is 23.4 Å². The third kappa shape index (κ3) is 3.19. The molecule has 2 N–H and O–H groups in total. The zero-order valence-corrected chi connectivity index (χ0v) is 13.5. The molecule has 0 saturated carbocycles. The summed E-state index contributed by atoms with van der Waals surface area (Å²) in [5.41, 5.74) is 3.85. The van der Waals surface area contributed by atoms with Crippen LogP contribution in [0.5, 0.6) is 17.2 Å². The first-order valence-corrected chi connectivity index (χ1v) is 7.98. The van der Waals surface area contributed by atoms with Crippen LogP contribution >= 0.6 is 0 Å². The van der Waals surface area contributed by atoms with Crippen LogP contribution in [0.3, 0.4) is 0 Å². The number of hydrogen-bond donors (Lipinski definition) is 2. The van der Waals surface area contributed by atoms with Crippen molar-refractivity contribution >= 4 is 0 Å². The van der Waals surface area contributed by atoms with Crippen LogP contribution in [0.15, 0.2) is 48.0 Å². The molecule has 0 bridgehead atoms. The third-order valence-electron chi connectivity index (χ3n) is 4.24. The van der Waals surface area contributed by atoms with E-state index < -0.39 is 0 Å². The van der Waals surface area contributed by atoms with Gasteiger partial charge in [0.05, 0.1) is 0 Å². The molecule has 0 aromatic heterocycles. The number of phenolic OH excluding ortho intramolecular Hbond substituents is 2. The molecule has 2 aromatic carbocycles. The van der Waals surface area contributed by atoms with Crippen molar-refractivity contribution < 1.29 is 14.9 Å². The van der Waals surface area contributed by atoms with E-state index >= 15 is 0 Å². The Kier molecular flexibility index (Phi) is 4.28. The Morgan fingerprint density at radius 3 is 2.61 bits per heavy atom. The molecule has 1 aliphatic rings. The number of fused-ring (bicyclic) bond motifs is 1. The first kappa shape index (κ1) is 15.5. The minimum atomic E-state index is -0.0460. The summed E-state index contributed by atoms with van der Waals surface area (Å²) < 4.78 is 6.19. The van der Waals surface area contributed by atoms with Crippen LogP contribution in [0.4, 0.5) is 0 Å². The van der Waals surface area contributed by atoms with Crippen molar-refractivity contribution in [1.29, 1.82) is 0 Å². The average molecular weight is 310 g/mol. The fraction of sp³-hybridized carbons (Fsp3) is 0.300. The van der Waals surface area contributed by atoms with Gasteiger partial charge >= 0.3 is 0 Å². The van der Waals surface area contributed by atoms with Crippen molar-refractivity contribution in [2.24, 2.45) is 0 Å². The summed E-state index contributed by atoms with van der Waals surface area (Å²) in [6, 6.07) is 11.5. The second-order valence-electron chi connectivity index (χ2n) is 6.24. The third-order valence-corrected chi connectivity index (χ3v) is 4.24. The maximum atomic E-state index is 10.2. The maximum absolute atomic E-state index is 10.2. The maximum Gasteiger partial charge on any atom is 0.134 e. The first-order valence-electron chi connectivity index (χ1n) is 7.98. The largest absolute Gasteiger partial charge is 0.507 e. The average Bonchev–Trinajstić information content (AvgIpc) is 2.54. The van der Waals surface area contributed by atoms with Crippen LogP contribution in [-0.4, -0.2) is 10.2 Å².